The molecule has 0 aliphatic heterocycles. The van der Waals surface area contributed by atoms with Crippen LogP contribution in [0.3, 0.4) is 0 Å². The molecular weight excluding hydrogens is 386 g/mol. The zero-order valence-electron chi connectivity index (χ0n) is 16.4. The minimum atomic E-state index is -0.0517. The molecule has 2 aromatic carbocycles. The fourth-order valence-corrected chi connectivity index (χ4v) is 4.25. The van der Waals surface area contributed by atoms with E-state index in [1.54, 1.807) is 18.3 Å². The zero-order valence-corrected chi connectivity index (χ0v) is 17.2. The maximum Gasteiger partial charge on any atom is 0.176 e. The van der Waals surface area contributed by atoms with Crippen molar-refractivity contribution in [3.8, 4) is 22.6 Å². The van der Waals surface area contributed by atoms with E-state index in [0.717, 1.165) is 59.9 Å². The van der Waals surface area contributed by atoms with E-state index in [9.17, 15) is 5.11 Å². The third-order valence-electron chi connectivity index (χ3n) is 5.79. The number of phenols is 1. The average molecular weight is 411 g/mol. The van der Waals surface area contributed by atoms with Gasteiger partial charge in [-0.15, -0.1) is 0 Å². The number of hydrogen-bond donors (Lipinski definition) is 3. The van der Waals surface area contributed by atoms with Crippen molar-refractivity contribution < 1.29 is 9.84 Å². The van der Waals surface area contributed by atoms with E-state index in [1.807, 2.05) is 12.1 Å². The number of benzene rings is 2. The molecular formula is C23H25ClN3O2. The van der Waals surface area contributed by atoms with Gasteiger partial charge in [0.15, 0.2) is 11.5 Å². The number of phenolic OH excluding ortho intramolecular Hbond substituents is 1. The summed E-state index contributed by atoms with van der Waals surface area (Å²) in [6.45, 7) is 0.777. The summed E-state index contributed by atoms with van der Waals surface area (Å²) in [5.41, 5.74) is 9.52. The molecule has 0 amide bonds. The van der Waals surface area contributed by atoms with Gasteiger partial charge in [-0.25, -0.2) is 0 Å². The Labute approximate surface area is 175 Å². The quantitative estimate of drug-likeness (QED) is 0.551. The van der Waals surface area contributed by atoms with Gasteiger partial charge in [-0.3, -0.25) is 4.98 Å². The molecule has 1 aromatic heterocycles. The number of aromatic hydroxyl groups is 1. The molecule has 3 aromatic rings. The van der Waals surface area contributed by atoms with Crippen molar-refractivity contribution in [2.24, 2.45) is 11.7 Å². The summed E-state index contributed by atoms with van der Waals surface area (Å²) in [6, 6.07) is 13.3. The van der Waals surface area contributed by atoms with Crippen LogP contribution in [-0.2, 0) is 0 Å². The first-order chi connectivity index (χ1) is 14.1. The second-order valence-corrected chi connectivity index (χ2v) is 8.02. The summed E-state index contributed by atoms with van der Waals surface area (Å²) in [5, 5.41) is 14.9. The van der Waals surface area contributed by atoms with Crippen LogP contribution in [0.5, 0.6) is 11.5 Å². The third-order valence-corrected chi connectivity index (χ3v) is 6.08. The molecule has 151 valence electrons. The Kier molecular flexibility index (Phi) is 5.79. The van der Waals surface area contributed by atoms with Gasteiger partial charge in [0.05, 0.1) is 23.3 Å². The van der Waals surface area contributed by atoms with Gasteiger partial charge in [-0.2, -0.15) is 0 Å². The Morgan fingerprint density at radius 3 is 2.72 bits per heavy atom. The van der Waals surface area contributed by atoms with Crippen molar-refractivity contribution >= 4 is 28.2 Å². The van der Waals surface area contributed by atoms with Gasteiger partial charge in [0.2, 0.25) is 0 Å². The number of anilines is 1. The summed E-state index contributed by atoms with van der Waals surface area (Å²) in [7, 11) is 1.51. The molecule has 0 saturated heterocycles. The summed E-state index contributed by atoms with van der Waals surface area (Å²) in [5.74, 6) is 0.941. The van der Waals surface area contributed by atoms with E-state index < -0.39 is 0 Å². The number of rotatable bonds is 5. The summed E-state index contributed by atoms with van der Waals surface area (Å²) < 4.78 is 5.24. The van der Waals surface area contributed by atoms with Crippen molar-refractivity contribution in [1.29, 1.82) is 0 Å². The van der Waals surface area contributed by atoms with Crippen molar-refractivity contribution in [2.45, 2.75) is 31.7 Å². The number of nitrogens with zero attached hydrogens (tertiary/aromatic N) is 1. The number of ether oxygens (including phenoxy) is 1. The van der Waals surface area contributed by atoms with Gasteiger partial charge >= 0.3 is 0 Å². The fourth-order valence-electron chi connectivity index (χ4n) is 4.03. The Morgan fingerprint density at radius 2 is 2.00 bits per heavy atom. The first-order valence-electron chi connectivity index (χ1n) is 9.93. The maximum atomic E-state index is 10.0. The van der Waals surface area contributed by atoms with Gasteiger partial charge in [0.25, 0.3) is 0 Å². The van der Waals surface area contributed by atoms with E-state index in [0.29, 0.717) is 17.7 Å². The molecule has 4 N–H and O–H groups in total. The van der Waals surface area contributed by atoms with E-state index in [2.05, 4.69) is 22.4 Å². The van der Waals surface area contributed by atoms with Crippen LogP contribution in [0.15, 0.2) is 36.5 Å². The Bertz CT molecular complexity index is 1020. The van der Waals surface area contributed by atoms with E-state index in [1.165, 1.54) is 7.11 Å². The largest absolute Gasteiger partial charge is 0.503 e. The van der Waals surface area contributed by atoms with Crippen LogP contribution in [0.4, 0.5) is 5.69 Å². The molecule has 0 spiro atoms. The van der Waals surface area contributed by atoms with Gasteiger partial charge in [0, 0.05) is 23.7 Å². The number of nitrogens with one attached hydrogen (secondary N) is 1. The van der Waals surface area contributed by atoms with Crippen molar-refractivity contribution in [3.63, 3.8) is 0 Å². The molecule has 6 heteroatoms. The number of halogens is 1. The van der Waals surface area contributed by atoms with Gasteiger partial charge in [-0.05, 0) is 73.5 Å². The SMILES string of the molecule is COc1cc(-c2ccc3nc[c]c(N[C@H]4CC[C@H](CN)CC4)c3c2)cc(Cl)c1O. The topological polar surface area (TPSA) is 80.4 Å². The molecule has 1 heterocycles. The molecule has 1 radical (unpaired) electrons. The number of methoxy groups -OCH3 is 1. The van der Waals surface area contributed by atoms with Gasteiger partial charge < -0.3 is 20.9 Å². The molecule has 1 saturated carbocycles. The lowest BCUT2D eigenvalue weighted by molar-refractivity contribution is 0.345. The molecule has 0 atom stereocenters. The summed E-state index contributed by atoms with van der Waals surface area (Å²) in [6.07, 6.45) is 6.27. The predicted octanol–water partition coefficient (Wildman–Crippen LogP) is 5.00. The maximum absolute atomic E-state index is 10.0. The number of nitrogens with two attached hydrogens (primary N) is 1. The Hall–Kier alpha value is -2.50. The van der Waals surface area contributed by atoms with Crippen LogP contribution in [0.1, 0.15) is 25.7 Å². The second-order valence-electron chi connectivity index (χ2n) is 7.62. The van der Waals surface area contributed by atoms with Crippen LogP contribution in [0.25, 0.3) is 22.0 Å². The summed E-state index contributed by atoms with van der Waals surface area (Å²) in [4.78, 5) is 4.46. The van der Waals surface area contributed by atoms with E-state index >= 15 is 0 Å². The average Bonchev–Trinajstić information content (AvgIpc) is 2.76. The lowest BCUT2D eigenvalue weighted by Gasteiger charge is -2.29. The van der Waals surface area contributed by atoms with Crippen LogP contribution in [-0.4, -0.2) is 29.8 Å². The fraction of sp³-hybridized carbons (Fsp3) is 0.348. The second kappa shape index (κ2) is 8.47. The van der Waals surface area contributed by atoms with E-state index in [4.69, 9.17) is 22.1 Å². The minimum Gasteiger partial charge on any atom is -0.503 e. The predicted molar refractivity (Wildman–Crippen MR) is 118 cm³/mol. The first kappa shape index (κ1) is 19.8. The molecule has 4 rings (SSSR count). The Morgan fingerprint density at radius 1 is 1.21 bits per heavy atom. The first-order valence-corrected chi connectivity index (χ1v) is 10.3. The number of fused-ring (bicyclic) bond motifs is 1. The monoisotopic (exact) mass is 410 g/mol. The zero-order chi connectivity index (χ0) is 20.4. The van der Waals surface area contributed by atoms with Crippen LogP contribution >= 0.6 is 11.6 Å². The minimum absolute atomic E-state index is 0.0517. The molecule has 1 fully saturated rings. The number of hydrogen-bond acceptors (Lipinski definition) is 5. The lowest BCUT2D eigenvalue weighted by Crippen LogP contribution is -2.29. The number of pyridine rings is 1. The van der Waals surface area contributed by atoms with Gasteiger partial charge in [-0.1, -0.05) is 17.7 Å². The van der Waals surface area contributed by atoms with Crippen LogP contribution < -0.4 is 15.8 Å². The molecule has 0 unspecified atom stereocenters. The highest BCUT2D eigenvalue weighted by molar-refractivity contribution is 6.32. The smallest absolute Gasteiger partial charge is 0.176 e. The van der Waals surface area contributed by atoms with Gasteiger partial charge in [0.1, 0.15) is 0 Å². The number of aromatic nitrogens is 1. The highest BCUT2D eigenvalue weighted by Crippen LogP contribution is 2.39. The molecule has 0 bridgehead atoms. The molecule has 5 nitrogen and oxygen atoms in total. The normalized spacial score (nSPS) is 19.3. The highest BCUT2D eigenvalue weighted by Gasteiger charge is 2.20. The van der Waals surface area contributed by atoms with Crippen molar-refractivity contribution in [1.82, 2.24) is 4.98 Å². The van der Waals surface area contributed by atoms with Crippen molar-refractivity contribution in [2.75, 3.05) is 19.0 Å². The Balaban J connectivity index is 1.67. The standard InChI is InChI=1S/C23H25ClN3O2/c1-29-22-12-16(11-19(24)23(22)28)15-4-7-20-18(10-15)21(8-9-26-20)27-17-5-2-14(13-25)3-6-17/h4,7,9-12,14,17,28H,2-3,5-6,13,25H2,1H3,(H,26,27)/t14-,17-. The van der Waals surface area contributed by atoms with Crippen LogP contribution in [0.2, 0.25) is 5.02 Å². The molecule has 1 aliphatic carbocycles. The third kappa shape index (κ3) is 4.11. The molecule has 1 aliphatic rings. The molecule has 29 heavy (non-hydrogen) atoms. The van der Waals surface area contributed by atoms with E-state index in [-0.39, 0.29) is 10.8 Å². The summed E-state index contributed by atoms with van der Waals surface area (Å²) >= 11 is 6.18. The lowest BCUT2D eigenvalue weighted by atomic mass is 9.86. The van der Waals surface area contributed by atoms with Crippen molar-refractivity contribution in [3.05, 3.63) is 47.6 Å². The van der Waals surface area contributed by atoms with Crippen LogP contribution in [0, 0.1) is 12.0 Å². The highest BCUT2D eigenvalue weighted by atomic mass is 35.5.